The molecule has 1 unspecified atom stereocenters. The van der Waals surface area contributed by atoms with Gasteiger partial charge in [-0.05, 0) is 38.0 Å². The maximum atomic E-state index is 12.7. The Bertz CT molecular complexity index is 845. The van der Waals surface area contributed by atoms with Gasteiger partial charge < -0.3 is 10.6 Å². The summed E-state index contributed by atoms with van der Waals surface area (Å²) in [6, 6.07) is 5.67. The number of hydrogen-bond donors (Lipinski definition) is 2. The van der Waals surface area contributed by atoms with E-state index in [9.17, 15) is 13.2 Å². The molecule has 0 aliphatic carbocycles. The smallest absolute Gasteiger partial charge is 0.352 e. The lowest BCUT2D eigenvalue weighted by Gasteiger charge is -2.19. The highest BCUT2D eigenvalue weighted by molar-refractivity contribution is 7.11. The minimum atomic E-state index is -4.29. The first-order valence-corrected chi connectivity index (χ1v) is 10.3. The van der Waals surface area contributed by atoms with Crippen molar-refractivity contribution in [1.29, 1.82) is 0 Å². The van der Waals surface area contributed by atoms with Crippen LogP contribution in [0.15, 0.2) is 29.3 Å². The summed E-state index contributed by atoms with van der Waals surface area (Å²) in [5, 5.41) is 7.83. The molecule has 3 rings (SSSR count). The third kappa shape index (κ3) is 5.93. The van der Waals surface area contributed by atoms with E-state index in [4.69, 9.17) is 0 Å². The number of thiazole rings is 1. The van der Waals surface area contributed by atoms with Crippen molar-refractivity contribution in [3.8, 4) is 0 Å². The fourth-order valence-corrected chi connectivity index (χ4v) is 4.32. The number of halogens is 3. The van der Waals surface area contributed by atoms with Crippen LogP contribution in [-0.4, -0.2) is 42.0 Å². The van der Waals surface area contributed by atoms with Gasteiger partial charge in [0.1, 0.15) is 0 Å². The predicted molar refractivity (Wildman–Crippen MR) is 110 cm³/mol. The van der Waals surface area contributed by atoms with Gasteiger partial charge in [0.2, 0.25) is 0 Å². The lowest BCUT2D eigenvalue weighted by atomic mass is 10.1. The quantitative estimate of drug-likeness (QED) is 0.566. The number of benzene rings is 1. The normalized spacial score (nSPS) is 18.3. The van der Waals surface area contributed by atoms with Crippen LogP contribution in [0.4, 0.5) is 13.2 Å². The zero-order valence-electron chi connectivity index (χ0n) is 16.8. The molecule has 1 aromatic heterocycles. The van der Waals surface area contributed by atoms with Crippen molar-refractivity contribution in [3.63, 3.8) is 0 Å². The minimum Gasteiger partial charge on any atom is -0.352 e. The number of aryl methyl sites for hydroxylation is 2. The summed E-state index contributed by atoms with van der Waals surface area (Å²) in [7, 11) is 1.75. The molecule has 1 atom stereocenters. The summed E-state index contributed by atoms with van der Waals surface area (Å²) in [5.74, 6) is 0.747. The Morgan fingerprint density at radius 3 is 2.59 bits per heavy atom. The molecular formula is C20H26F3N5S. The van der Waals surface area contributed by atoms with Crippen molar-refractivity contribution in [2.75, 3.05) is 20.1 Å². The van der Waals surface area contributed by atoms with E-state index in [1.54, 1.807) is 30.5 Å². The van der Waals surface area contributed by atoms with E-state index in [0.29, 0.717) is 13.1 Å². The van der Waals surface area contributed by atoms with Gasteiger partial charge in [-0.25, -0.2) is 4.98 Å². The Morgan fingerprint density at radius 2 is 2.00 bits per heavy atom. The monoisotopic (exact) mass is 425 g/mol. The molecule has 0 bridgehead atoms. The molecule has 1 saturated heterocycles. The molecule has 1 aliphatic rings. The third-order valence-corrected chi connectivity index (χ3v) is 6.01. The molecule has 2 N–H and O–H groups in total. The Morgan fingerprint density at radius 1 is 1.28 bits per heavy atom. The van der Waals surface area contributed by atoms with Gasteiger partial charge in [0.05, 0.1) is 22.8 Å². The summed E-state index contributed by atoms with van der Waals surface area (Å²) in [6.07, 6.45) is -3.33. The second kappa shape index (κ2) is 9.13. The van der Waals surface area contributed by atoms with E-state index < -0.39 is 11.7 Å². The standard InChI is InChI=1S/C20H26F3N5S/c1-13-18(29-14(2)26-13)10-25-19(24-3)27-17-8-9-28(12-17)11-15-4-6-16(7-5-15)20(21,22)23/h4-7,17H,8-12H2,1-3H3,(H2,24,25,27). The third-order valence-electron chi connectivity index (χ3n) is 4.94. The van der Waals surface area contributed by atoms with E-state index in [0.717, 1.165) is 53.9 Å². The number of alkyl halides is 3. The maximum absolute atomic E-state index is 12.7. The number of aromatic nitrogens is 1. The number of likely N-dealkylation sites (tertiary alicyclic amines) is 1. The van der Waals surface area contributed by atoms with Crippen LogP contribution >= 0.6 is 11.3 Å². The van der Waals surface area contributed by atoms with Crippen LogP contribution in [0.1, 0.15) is 33.1 Å². The Kier molecular flexibility index (Phi) is 6.79. The number of guanidine groups is 1. The number of hydrogen-bond acceptors (Lipinski definition) is 4. The summed E-state index contributed by atoms with van der Waals surface area (Å²) < 4.78 is 38.1. The first-order valence-electron chi connectivity index (χ1n) is 9.53. The molecule has 0 spiro atoms. The van der Waals surface area contributed by atoms with Crippen LogP contribution in [0.2, 0.25) is 0 Å². The molecule has 0 saturated carbocycles. The number of nitrogens with one attached hydrogen (secondary N) is 2. The molecule has 0 amide bonds. The lowest BCUT2D eigenvalue weighted by molar-refractivity contribution is -0.137. The van der Waals surface area contributed by atoms with Crippen molar-refractivity contribution in [1.82, 2.24) is 20.5 Å². The van der Waals surface area contributed by atoms with Gasteiger partial charge in [-0.1, -0.05) is 12.1 Å². The van der Waals surface area contributed by atoms with Crippen molar-refractivity contribution >= 4 is 17.3 Å². The van der Waals surface area contributed by atoms with Gasteiger partial charge in [-0.15, -0.1) is 11.3 Å². The number of aliphatic imine (C=N–C) groups is 1. The topological polar surface area (TPSA) is 52.6 Å². The van der Waals surface area contributed by atoms with Crippen LogP contribution in [0.3, 0.4) is 0 Å². The van der Waals surface area contributed by atoms with E-state index in [-0.39, 0.29) is 6.04 Å². The fourth-order valence-electron chi connectivity index (χ4n) is 3.44. The highest BCUT2D eigenvalue weighted by atomic mass is 32.1. The van der Waals surface area contributed by atoms with Crippen molar-refractivity contribution in [2.45, 2.75) is 45.6 Å². The van der Waals surface area contributed by atoms with E-state index in [2.05, 4.69) is 25.5 Å². The summed E-state index contributed by atoms with van der Waals surface area (Å²) >= 11 is 1.68. The maximum Gasteiger partial charge on any atom is 0.416 e. The molecule has 1 aliphatic heterocycles. The molecule has 158 valence electrons. The second-order valence-electron chi connectivity index (χ2n) is 7.23. The first-order chi connectivity index (χ1) is 13.7. The van der Waals surface area contributed by atoms with Crippen LogP contribution in [0.25, 0.3) is 0 Å². The van der Waals surface area contributed by atoms with E-state index >= 15 is 0 Å². The molecule has 9 heteroatoms. The SMILES string of the molecule is CN=C(NCc1sc(C)nc1C)NC1CCN(Cc2ccc(C(F)(F)F)cc2)C1. The molecular weight excluding hydrogens is 399 g/mol. The van der Waals surface area contributed by atoms with Gasteiger partial charge in [0, 0.05) is 37.6 Å². The molecule has 1 fully saturated rings. The molecule has 0 radical (unpaired) electrons. The summed E-state index contributed by atoms with van der Waals surface area (Å²) in [6.45, 7) is 7.04. The molecule has 1 aromatic carbocycles. The lowest BCUT2D eigenvalue weighted by Crippen LogP contribution is -2.44. The average molecular weight is 426 g/mol. The Balaban J connectivity index is 1.48. The largest absolute Gasteiger partial charge is 0.416 e. The minimum absolute atomic E-state index is 0.250. The van der Waals surface area contributed by atoms with Crippen LogP contribution in [0.5, 0.6) is 0 Å². The van der Waals surface area contributed by atoms with E-state index in [1.807, 2.05) is 13.8 Å². The van der Waals surface area contributed by atoms with Gasteiger partial charge in [0.15, 0.2) is 5.96 Å². The van der Waals surface area contributed by atoms with Crippen molar-refractivity contribution in [3.05, 3.63) is 51.0 Å². The molecule has 2 heterocycles. The predicted octanol–water partition coefficient (Wildman–Crippen LogP) is 3.72. The van der Waals surface area contributed by atoms with Gasteiger partial charge in [-0.2, -0.15) is 13.2 Å². The van der Waals surface area contributed by atoms with Gasteiger partial charge >= 0.3 is 6.18 Å². The number of rotatable bonds is 5. The Hall–Kier alpha value is -2.13. The zero-order chi connectivity index (χ0) is 21.0. The van der Waals surface area contributed by atoms with Crippen LogP contribution in [-0.2, 0) is 19.3 Å². The van der Waals surface area contributed by atoms with Crippen LogP contribution in [0, 0.1) is 13.8 Å². The summed E-state index contributed by atoms with van der Waals surface area (Å²) in [4.78, 5) is 12.2. The zero-order valence-corrected chi connectivity index (χ0v) is 17.6. The van der Waals surface area contributed by atoms with E-state index in [1.165, 1.54) is 4.88 Å². The highest BCUT2D eigenvalue weighted by Crippen LogP contribution is 2.29. The summed E-state index contributed by atoms with van der Waals surface area (Å²) in [5.41, 5.74) is 1.32. The molecule has 2 aromatic rings. The Labute approximate surface area is 173 Å². The highest BCUT2D eigenvalue weighted by Gasteiger charge is 2.30. The average Bonchev–Trinajstić information content (AvgIpc) is 3.23. The van der Waals surface area contributed by atoms with Gasteiger partial charge in [-0.3, -0.25) is 9.89 Å². The first kappa shape index (κ1) is 21.6. The number of nitrogens with zero attached hydrogens (tertiary/aromatic N) is 3. The van der Waals surface area contributed by atoms with Crippen molar-refractivity contribution in [2.24, 2.45) is 4.99 Å². The van der Waals surface area contributed by atoms with Gasteiger partial charge in [0.25, 0.3) is 0 Å². The van der Waals surface area contributed by atoms with Crippen molar-refractivity contribution < 1.29 is 13.2 Å². The van der Waals surface area contributed by atoms with Crippen LogP contribution < -0.4 is 10.6 Å². The molecule has 5 nitrogen and oxygen atoms in total. The second-order valence-corrected chi connectivity index (χ2v) is 8.51. The fraction of sp³-hybridized carbons (Fsp3) is 0.500. The molecule has 29 heavy (non-hydrogen) atoms.